The second-order valence-corrected chi connectivity index (χ2v) is 13.9. The number of hydrogen-bond donors (Lipinski definition) is 1. The van der Waals surface area contributed by atoms with Crippen LogP contribution in [0.2, 0.25) is 0 Å². The van der Waals surface area contributed by atoms with Crippen LogP contribution in [0.5, 0.6) is 5.75 Å². The number of rotatable bonds is 7. The van der Waals surface area contributed by atoms with Gasteiger partial charge in [-0.15, -0.1) is 0 Å². The first-order valence-electron chi connectivity index (χ1n) is 13.5. The van der Waals surface area contributed by atoms with Gasteiger partial charge in [0.1, 0.15) is 9.57 Å². The average Bonchev–Trinajstić information content (AvgIpc) is 3.24. The standard InChI is InChI=1S/C28H40N4O3S3/c1-18(2)26(34)31-10-6-29(7-11-31)16-22-14-21(25-20(5)28(36)38-37-25)15-23(24(22)33)17-30-8-12-32(13-9-30)27(35)19(3)4/h14-15,18-19,33H,6-13,16-17H2,1-5H3. The molecule has 2 aliphatic heterocycles. The van der Waals surface area contributed by atoms with Gasteiger partial charge in [0.25, 0.3) is 0 Å². The molecule has 38 heavy (non-hydrogen) atoms. The van der Waals surface area contributed by atoms with Crippen LogP contribution in [0, 0.1) is 22.6 Å². The summed E-state index contributed by atoms with van der Waals surface area (Å²) >= 11 is 5.53. The molecule has 2 aliphatic rings. The third-order valence-corrected chi connectivity index (χ3v) is 10.9. The van der Waals surface area contributed by atoms with Crippen molar-refractivity contribution in [1.82, 2.24) is 19.6 Å². The first kappa shape index (κ1) is 29.1. The topological polar surface area (TPSA) is 67.3 Å². The second-order valence-electron chi connectivity index (χ2n) is 11.1. The summed E-state index contributed by atoms with van der Waals surface area (Å²) in [6.45, 7) is 17.2. The summed E-state index contributed by atoms with van der Waals surface area (Å²) in [6.07, 6.45) is 0. The van der Waals surface area contributed by atoms with Gasteiger partial charge in [-0.25, -0.2) is 0 Å². The fraction of sp³-hybridized carbons (Fsp3) is 0.607. The van der Waals surface area contributed by atoms with Gasteiger partial charge in [-0.3, -0.25) is 19.4 Å². The molecular weight excluding hydrogens is 537 g/mol. The molecule has 0 atom stereocenters. The molecule has 2 fully saturated rings. The Morgan fingerprint density at radius 1 is 0.816 bits per heavy atom. The minimum Gasteiger partial charge on any atom is -0.507 e. The van der Waals surface area contributed by atoms with Crippen molar-refractivity contribution >= 4 is 44.7 Å². The number of carbonyl (C=O) groups excluding carboxylic acids is 2. The molecule has 3 heterocycles. The summed E-state index contributed by atoms with van der Waals surface area (Å²) in [5.74, 6) is 0.799. The Hall–Kier alpha value is -1.85. The van der Waals surface area contributed by atoms with E-state index in [2.05, 4.69) is 28.9 Å². The predicted molar refractivity (Wildman–Crippen MR) is 158 cm³/mol. The Bertz CT molecular complexity index is 1140. The van der Waals surface area contributed by atoms with Crippen LogP contribution in [0.25, 0.3) is 10.4 Å². The van der Waals surface area contributed by atoms with Gasteiger partial charge in [-0.1, -0.05) is 60.6 Å². The molecule has 0 radical (unpaired) electrons. The monoisotopic (exact) mass is 576 g/mol. The smallest absolute Gasteiger partial charge is 0.225 e. The van der Waals surface area contributed by atoms with Crippen LogP contribution >= 0.6 is 32.9 Å². The molecule has 0 saturated carbocycles. The number of amides is 2. The van der Waals surface area contributed by atoms with Gasteiger partial charge in [0.15, 0.2) is 0 Å². The van der Waals surface area contributed by atoms with E-state index in [1.54, 1.807) is 20.7 Å². The molecule has 2 amide bonds. The van der Waals surface area contributed by atoms with Crippen molar-refractivity contribution in [3.05, 3.63) is 32.6 Å². The van der Waals surface area contributed by atoms with E-state index in [1.807, 2.05) is 37.5 Å². The molecule has 2 saturated heterocycles. The number of piperazine rings is 2. The molecule has 2 aromatic rings. The molecule has 1 N–H and O–H groups in total. The fourth-order valence-corrected chi connectivity index (χ4v) is 8.04. The van der Waals surface area contributed by atoms with Crippen molar-refractivity contribution in [2.75, 3.05) is 52.4 Å². The fourth-order valence-electron chi connectivity index (χ4n) is 5.16. The number of phenols is 1. The Morgan fingerprint density at radius 2 is 1.24 bits per heavy atom. The lowest BCUT2D eigenvalue weighted by Gasteiger charge is -2.36. The maximum absolute atomic E-state index is 12.4. The molecule has 7 nitrogen and oxygen atoms in total. The summed E-state index contributed by atoms with van der Waals surface area (Å²) in [4.78, 5) is 34.5. The van der Waals surface area contributed by atoms with Gasteiger partial charge in [0.05, 0.1) is 4.88 Å². The Morgan fingerprint density at radius 3 is 1.58 bits per heavy atom. The zero-order valence-electron chi connectivity index (χ0n) is 23.2. The van der Waals surface area contributed by atoms with Crippen LogP contribution in [0.4, 0.5) is 0 Å². The quantitative estimate of drug-likeness (QED) is 0.377. The Labute approximate surface area is 239 Å². The van der Waals surface area contributed by atoms with Gasteiger partial charge in [-0.05, 0) is 30.2 Å². The summed E-state index contributed by atoms with van der Waals surface area (Å²) in [5.41, 5.74) is 4.06. The van der Waals surface area contributed by atoms with E-state index in [1.165, 1.54) is 4.88 Å². The number of phenolic OH excluding ortho intramolecular Hbond substituents is 1. The van der Waals surface area contributed by atoms with Gasteiger partial charge >= 0.3 is 0 Å². The minimum atomic E-state index is 0.0135. The molecule has 1 aromatic carbocycles. The van der Waals surface area contributed by atoms with E-state index in [0.29, 0.717) is 45.0 Å². The van der Waals surface area contributed by atoms with Crippen molar-refractivity contribution < 1.29 is 14.7 Å². The van der Waals surface area contributed by atoms with Gasteiger partial charge in [0, 0.05) is 88.4 Å². The molecule has 0 spiro atoms. The molecule has 0 unspecified atom stereocenters. The zero-order valence-corrected chi connectivity index (χ0v) is 25.6. The molecular formula is C28H40N4O3S3. The van der Waals surface area contributed by atoms with Crippen LogP contribution in [-0.2, 0) is 22.7 Å². The van der Waals surface area contributed by atoms with E-state index in [0.717, 1.165) is 52.3 Å². The first-order chi connectivity index (χ1) is 18.0. The molecule has 208 valence electrons. The third kappa shape index (κ3) is 6.65. The zero-order chi connectivity index (χ0) is 27.6. The lowest BCUT2D eigenvalue weighted by Crippen LogP contribution is -2.49. The van der Waals surface area contributed by atoms with E-state index in [-0.39, 0.29) is 23.7 Å². The SMILES string of the molecule is Cc1c(-c2cc(CN3CCN(C(=O)C(C)C)CC3)c(O)c(CN3CCN(C(=O)C(C)C)CC3)c2)ssc1=S. The van der Waals surface area contributed by atoms with Crippen molar-refractivity contribution in [1.29, 1.82) is 0 Å². The van der Waals surface area contributed by atoms with Crippen LogP contribution in [0.15, 0.2) is 12.1 Å². The van der Waals surface area contributed by atoms with Gasteiger partial charge in [0.2, 0.25) is 11.8 Å². The van der Waals surface area contributed by atoms with Crippen LogP contribution in [-0.4, -0.2) is 88.9 Å². The van der Waals surface area contributed by atoms with Crippen LogP contribution in [0.1, 0.15) is 44.4 Å². The van der Waals surface area contributed by atoms with Crippen LogP contribution in [0.3, 0.4) is 0 Å². The summed E-state index contributed by atoms with van der Waals surface area (Å²) < 4.78 is 0.915. The van der Waals surface area contributed by atoms with Gasteiger partial charge < -0.3 is 14.9 Å². The van der Waals surface area contributed by atoms with E-state index in [4.69, 9.17) is 12.2 Å². The normalized spacial score (nSPS) is 17.6. The number of benzene rings is 1. The minimum absolute atomic E-state index is 0.0135. The highest BCUT2D eigenvalue weighted by molar-refractivity contribution is 7.80. The number of aromatic hydroxyl groups is 1. The lowest BCUT2D eigenvalue weighted by molar-refractivity contribution is -0.137. The molecule has 1 aromatic heterocycles. The number of carbonyl (C=O) groups is 2. The number of hydrogen-bond acceptors (Lipinski definition) is 8. The predicted octanol–water partition coefficient (Wildman–Crippen LogP) is 4.82. The van der Waals surface area contributed by atoms with Crippen molar-refractivity contribution in [3.63, 3.8) is 0 Å². The average molecular weight is 577 g/mol. The maximum atomic E-state index is 12.4. The second kappa shape index (κ2) is 12.6. The highest BCUT2D eigenvalue weighted by Gasteiger charge is 2.26. The van der Waals surface area contributed by atoms with E-state index < -0.39 is 0 Å². The van der Waals surface area contributed by atoms with Gasteiger partial charge in [-0.2, -0.15) is 0 Å². The van der Waals surface area contributed by atoms with Crippen molar-refractivity contribution in [2.45, 2.75) is 47.7 Å². The number of nitrogens with zero attached hydrogens (tertiary/aromatic N) is 4. The first-order valence-corrected chi connectivity index (χ1v) is 16.1. The Kier molecular flexibility index (Phi) is 9.62. The highest BCUT2D eigenvalue weighted by atomic mass is 32.9. The van der Waals surface area contributed by atoms with Crippen molar-refractivity contribution in [3.8, 4) is 16.2 Å². The van der Waals surface area contributed by atoms with E-state index >= 15 is 0 Å². The van der Waals surface area contributed by atoms with E-state index in [9.17, 15) is 14.7 Å². The largest absolute Gasteiger partial charge is 0.507 e. The highest BCUT2D eigenvalue weighted by Crippen LogP contribution is 2.38. The Balaban J connectivity index is 1.53. The maximum Gasteiger partial charge on any atom is 0.225 e. The molecule has 0 aliphatic carbocycles. The molecule has 10 heteroatoms. The molecule has 4 rings (SSSR count). The molecule has 0 bridgehead atoms. The summed E-state index contributed by atoms with van der Waals surface area (Å²) in [7, 11) is 3.32. The summed E-state index contributed by atoms with van der Waals surface area (Å²) in [5, 5.41) is 11.4. The lowest BCUT2D eigenvalue weighted by atomic mass is 10.00. The van der Waals surface area contributed by atoms with Crippen LogP contribution < -0.4 is 0 Å². The third-order valence-electron chi connectivity index (χ3n) is 7.52. The van der Waals surface area contributed by atoms with Crippen molar-refractivity contribution in [2.24, 2.45) is 11.8 Å². The summed E-state index contributed by atoms with van der Waals surface area (Å²) in [6, 6.07) is 4.23.